The quantitative estimate of drug-likeness (QED) is 0.919. The molecule has 0 atom stereocenters. The lowest BCUT2D eigenvalue weighted by Gasteiger charge is -2.34. The van der Waals surface area contributed by atoms with Crippen molar-refractivity contribution in [3.8, 4) is 0 Å². The third-order valence-electron chi connectivity index (χ3n) is 4.84. The van der Waals surface area contributed by atoms with Crippen LogP contribution in [0.3, 0.4) is 0 Å². The van der Waals surface area contributed by atoms with Gasteiger partial charge >= 0.3 is 0 Å². The molecule has 1 aromatic rings. The Morgan fingerprint density at radius 1 is 1.18 bits per heavy atom. The number of carbonyl (C=O) groups excluding carboxylic acids is 1. The Balaban J connectivity index is 0.00000176. The third-order valence-corrected chi connectivity index (χ3v) is 4.84. The fraction of sp³-hybridized carbons (Fsp3) is 0.588. The fourth-order valence-corrected chi connectivity index (χ4v) is 3.38. The van der Waals surface area contributed by atoms with E-state index in [1.165, 1.54) is 11.1 Å². The number of rotatable bonds is 3. The molecule has 0 radical (unpaired) electrons. The Bertz CT molecular complexity index is 500. The second-order valence-electron chi connectivity index (χ2n) is 6.17. The largest absolute Gasteiger partial charge is 0.337 e. The summed E-state index contributed by atoms with van der Waals surface area (Å²) < 4.78 is 0. The summed E-state index contributed by atoms with van der Waals surface area (Å²) in [4.78, 5) is 16.8. The molecule has 1 fully saturated rings. The van der Waals surface area contributed by atoms with Crippen LogP contribution in [0.2, 0.25) is 0 Å². The van der Waals surface area contributed by atoms with Gasteiger partial charge in [0.05, 0.1) is 6.54 Å². The Labute approximate surface area is 139 Å². The average Bonchev–Trinajstić information content (AvgIpc) is 2.55. The van der Waals surface area contributed by atoms with Crippen LogP contribution in [0.5, 0.6) is 0 Å². The van der Waals surface area contributed by atoms with Crippen LogP contribution in [-0.4, -0.2) is 55.0 Å². The van der Waals surface area contributed by atoms with Gasteiger partial charge in [0.1, 0.15) is 0 Å². The second kappa shape index (κ2) is 7.95. The molecule has 1 N–H and O–H groups in total. The highest BCUT2D eigenvalue weighted by Crippen LogP contribution is 2.19. The van der Waals surface area contributed by atoms with Crippen molar-refractivity contribution in [2.75, 3.05) is 33.2 Å². The summed E-state index contributed by atoms with van der Waals surface area (Å²) in [6, 6.07) is 9.10. The zero-order valence-electron chi connectivity index (χ0n) is 13.3. The summed E-state index contributed by atoms with van der Waals surface area (Å²) in [6.07, 6.45) is 3.28. The highest BCUT2D eigenvalue weighted by molar-refractivity contribution is 5.85. The van der Waals surface area contributed by atoms with E-state index in [2.05, 4.69) is 34.5 Å². The first-order chi connectivity index (χ1) is 10.3. The molecule has 4 nitrogen and oxygen atoms in total. The van der Waals surface area contributed by atoms with Gasteiger partial charge in [-0.15, -0.1) is 12.4 Å². The van der Waals surface area contributed by atoms with Crippen LogP contribution in [0, 0.1) is 0 Å². The van der Waals surface area contributed by atoms with Crippen molar-refractivity contribution >= 4 is 18.3 Å². The predicted molar refractivity (Wildman–Crippen MR) is 91.3 cm³/mol. The van der Waals surface area contributed by atoms with Crippen LogP contribution in [0.25, 0.3) is 0 Å². The van der Waals surface area contributed by atoms with Gasteiger partial charge in [-0.05, 0) is 37.4 Å². The van der Waals surface area contributed by atoms with Gasteiger partial charge in [0.25, 0.3) is 0 Å². The number of benzene rings is 1. The van der Waals surface area contributed by atoms with Crippen molar-refractivity contribution in [2.24, 2.45) is 0 Å². The van der Waals surface area contributed by atoms with E-state index in [9.17, 15) is 4.79 Å². The molecule has 2 aliphatic rings. The van der Waals surface area contributed by atoms with E-state index in [-0.39, 0.29) is 18.3 Å². The molecule has 122 valence electrons. The Hall–Kier alpha value is -1.10. The van der Waals surface area contributed by atoms with Gasteiger partial charge in [-0.25, -0.2) is 0 Å². The van der Waals surface area contributed by atoms with Crippen LogP contribution in [0.15, 0.2) is 24.3 Å². The maximum absolute atomic E-state index is 12.5. The zero-order chi connectivity index (χ0) is 14.7. The first-order valence-corrected chi connectivity index (χ1v) is 8.00. The second-order valence-corrected chi connectivity index (χ2v) is 6.17. The molecule has 2 heterocycles. The minimum atomic E-state index is 0. The molecule has 1 amide bonds. The predicted octanol–water partition coefficient (Wildman–Crippen LogP) is 1.68. The lowest BCUT2D eigenvalue weighted by atomic mass is 10.00. The van der Waals surface area contributed by atoms with E-state index in [1.807, 2.05) is 11.9 Å². The number of nitrogens with zero attached hydrogens (tertiary/aromatic N) is 2. The number of hydrogen-bond acceptors (Lipinski definition) is 3. The number of likely N-dealkylation sites (tertiary alicyclic amines) is 1. The normalized spacial score (nSPS) is 19.4. The van der Waals surface area contributed by atoms with Crippen LogP contribution >= 0.6 is 12.4 Å². The molecule has 1 saturated heterocycles. The Kier molecular flexibility index (Phi) is 6.24. The number of amides is 1. The maximum Gasteiger partial charge on any atom is 0.237 e. The van der Waals surface area contributed by atoms with Crippen molar-refractivity contribution in [3.05, 3.63) is 35.4 Å². The number of carbonyl (C=O) groups is 1. The van der Waals surface area contributed by atoms with Gasteiger partial charge < -0.3 is 10.2 Å². The molecule has 0 spiro atoms. The molecule has 0 bridgehead atoms. The zero-order valence-corrected chi connectivity index (χ0v) is 14.1. The molecule has 0 saturated carbocycles. The molecule has 22 heavy (non-hydrogen) atoms. The van der Waals surface area contributed by atoms with Crippen LogP contribution in [-0.2, 0) is 17.8 Å². The van der Waals surface area contributed by atoms with Crippen molar-refractivity contribution < 1.29 is 4.79 Å². The Morgan fingerprint density at radius 3 is 2.55 bits per heavy atom. The minimum Gasteiger partial charge on any atom is -0.337 e. The lowest BCUT2D eigenvalue weighted by Crippen LogP contribution is -2.47. The number of halogens is 1. The molecule has 0 aromatic heterocycles. The van der Waals surface area contributed by atoms with Gasteiger partial charge in [-0.3, -0.25) is 9.69 Å². The van der Waals surface area contributed by atoms with Crippen LogP contribution in [0.1, 0.15) is 24.0 Å². The summed E-state index contributed by atoms with van der Waals surface area (Å²) in [6.45, 7) is 4.28. The van der Waals surface area contributed by atoms with Gasteiger partial charge in [0, 0.05) is 32.2 Å². The highest BCUT2D eigenvalue weighted by atomic mass is 35.5. The van der Waals surface area contributed by atoms with Gasteiger partial charge in [0.2, 0.25) is 5.91 Å². The SMILES string of the molecule is CNC1CCN(CC(=O)N2CCc3ccccc3C2)CC1.Cl. The van der Waals surface area contributed by atoms with Crippen molar-refractivity contribution in [3.63, 3.8) is 0 Å². The van der Waals surface area contributed by atoms with Gasteiger partial charge in [-0.1, -0.05) is 24.3 Å². The van der Waals surface area contributed by atoms with Crippen molar-refractivity contribution in [2.45, 2.75) is 31.8 Å². The number of nitrogens with one attached hydrogen (secondary N) is 1. The summed E-state index contributed by atoms with van der Waals surface area (Å²) >= 11 is 0. The van der Waals surface area contributed by atoms with Crippen LogP contribution in [0.4, 0.5) is 0 Å². The van der Waals surface area contributed by atoms with E-state index in [0.717, 1.165) is 45.4 Å². The van der Waals surface area contributed by atoms with Gasteiger partial charge in [-0.2, -0.15) is 0 Å². The molecule has 5 heteroatoms. The van der Waals surface area contributed by atoms with Crippen molar-refractivity contribution in [1.29, 1.82) is 0 Å². The molecule has 2 aliphatic heterocycles. The summed E-state index contributed by atoms with van der Waals surface area (Å²) in [7, 11) is 2.02. The maximum atomic E-state index is 12.5. The fourth-order valence-electron chi connectivity index (χ4n) is 3.38. The van der Waals surface area contributed by atoms with Crippen LogP contribution < -0.4 is 5.32 Å². The minimum absolute atomic E-state index is 0. The summed E-state index contributed by atoms with van der Waals surface area (Å²) in [5, 5.41) is 3.33. The topological polar surface area (TPSA) is 35.6 Å². The molecular formula is C17H26ClN3O. The summed E-state index contributed by atoms with van der Waals surface area (Å²) in [5.74, 6) is 0.285. The third kappa shape index (κ3) is 4.00. The molecule has 1 aromatic carbocycles. The smallest absolute Gasteiger partial charge is 0.237 e. The van der Waals surface area contributed by atoms with E-state index in [1.54, 1.807) is 0 Å². The number of fused-ring (bicyclic) bond motifs is 1. The monoisotopic (exact) mass is 323 g/mol. The standard InChI is InChI=1S/C17H25N3O.ClH/c1-18-16-7-9-19(10-8-16)13-17(21)20-11-6-14-4-2-3-5-15(14)12-20;/h2-5,16,18H,6-13H2,1H3;1H. The first kappa shape index (κ1) is 17.3. The van der Waals surface area contributed by atoms with E-state index >= 15 is 0 Å². The molecule has 0 unspecified atom stereocenters. The lowest BCUT2D eigenvalue weighted by molar-refractivity contribution is -0.133. The van der Waals surface area contributed by atoms with Gasteiger partial charge in [0.15, 0.2) is 0 Å². The highest BCUT2D eigenvalue weighted by Gasteiger charge is 2.24. The van der Waals surface area contributed by atoms with E-state index in [0.29, 0.717) is 12.6 Å². The number of piperidine rings is 1. The Morgan fingerprint density at radius 2 is 1.86 bits per heavy atom. The molecular weight excluding hydrogens is 298 g/mol. The molecule has 0 aliphatic carbocycles. The van der Waals surface area contributed by atoms with E-state index in [4.69, 9.17) is 0 Å². The summed E-state index contributed by atoms with van der Waals surface area (Å²) in [5.41, 5.74) is 2.71. The van der Waals surface area contributed by atoms with Crippen molar-refractivity contribution in [1.82, 2.24) is 15.1 Å². The molecule has 3 rings (SSSR count). The van der Waals surface area contributed by atoms with E-state index < -0.39 is 0 Å². The first-order valence-electron chi connectivity index (χ1n) is 8.00. The number of hydrogen-bond donors (Lipinski definition) is 1. The average molecular weight is 324 g/mol.